The van der Waals surface area contributed by atoms with E-state index in [-0.39, 0.29) is 23.9 Å². The van der Waals surface area contributed by atoms with Crippen molar-refractivity contribution in [3.63, 3.8) is 0 Å². The highest BCUT2D eigenvalue weighted by molar-refractivity contribution is 6.00. The van der Waals surface area contributed by atoms with Gasteiger partial charge in [-0.1, -0.05) is 42.5 Å². The van der Waals surface area contributed by atoms with E-state index < -0.39 is 0 Å². The third-order valence-corrected chi connectivity index (χ3v) is 4.80. The number of anilines is 3. The second kappa shape index (κ2) is 9.13. The molecule has 3 amide bonds. The Balaban J connectivity index is 1.44. The van der Waals surface area contributed by atoms with Crippen LogP contribution in [0.5, 0.6) is 0 Å². The third kappa shape index (κ3) is 4.81. The molecule has 0 radical (unpaired) electrons. The first-order valence-electron chi connectivity index (χ1n) is 9.97. The normalized spacial score (nSPS) is 10.5. The number of benzene rings is 3. The number of carbonyl (C=O) groups excluding carboxylic acids is 2. The van der Waals surface area contributed by atoms with E-state index in [1.54, 1.807) is 67.7 Å². The fourth-order valence-electron chi connectivity index (χ4n) is 3.35. The molecule has 0 aliphatic heterocycles. The maximum atomic E-state index is 12.7. The molecule has 8 heteroatoms. The van der Waals surface area contributed by atoms with Crippen LogP contribution in [0.3, 0.4) is 0 Å². The summed E-state index contributed by atoms with van der Waals surface area (Å²) < 4.78 is 1.24. The number of hydrogen-bond acceptors (Lipinski definition) is 4. The Morgan fingerprint density at radius 1 is 0.781 bits per heavy atom. The molecule has 0 saturated carbocycles. The van der Waals surface area contributed by atoms with Gasteiger partial charge >= 0.3 is 6.03 Å². The Kier molecular flexibility index (Phi) is 5.94. The van der Waals surface area contributed by atoms with Gasteiger partial charge in [0.15, 0.2) is 0 Å². The SMILES string of the molecule is Cn1nc(CC(=O)Nc2cccc(NC(=O)Nc3ccccc3)c2)c2ccccc2c1=O. The number of urea groups is 1. The minimum Gasteiger partial charge on any atom is -0.326 e. The highest BCUT2D eigenvalue weighted by atomic mass is 16.2. The van der Waals surface area contributed by atoms with Crippen molar-refractivity contribution in [1.29, 1.82) is 0 Å². The van der Waals surface area contributed by atoms with Crippen molar-refractivity contribution in [1.82, 2.24) is 9.78 Å². The van der Waals surface area contributed by atoms with Crippen LogP contribution in [-0.4, -0.2) is 21.7 Å². The third-order valence-electron chi connectivity index (χ3n) is 4.80. The number of fused-ring (bicyclic) bond motifs is 1. The van der Waals surface area contributed by atoms with Crippen LogP contribution in [-0.2, 0) is 18.3 Å². The van der Waals surface area contributed by atoms with Crippen LogP contribution in [0.2, 0.25) is 0 Å². The van der Waals surface area contributed by atoms with Crippen LogP contribution < -0.4 is 21.5 Å². The van der Waals surface area contributed by atoms with Gasteiger partial charge < -0.3 is 16.0 Å². The van der Waals surface area contributed by atoms with Gasteiger partial charge in [0.1, 0.15) is 0 Å². The zero-order valence-corrected chi connectivity index (χ0v) is 17.3. The van der Waals surface area contributed by atoms with E-state index in [4.69, 9.17) is 0 Å². The second-order valence-corrected chi connectivity index (χ2v) is 7.17. The highest BCUT2D eigenvalue weighted by Gasteiger charge is 2.13. The lowest BCUT2D eigenvalue weighted by molar-refractivity contribution is -0.115. The van der Waals surface area contributed by atoms with E-state index in [1.807, 2.05) is 18.2 Å². The Morgan fingerprint density at radius 3 is 2.12 bits per heavy atom. The van der Waals surface area contributed by atoms with Crippen molar-refractivity contribution in [3.05, 3.63) is 94.9 Å². The van der Waals surface area contributed by atoms with Gasteiger partial charge in [0, 0.05) is 29.5 Å². The molecule has 3 aromatic carbocycles. The van der Waals surface area contributed by atoms with Crippen LogP contribution in [0, 0.1) is 0 Å². The largest absolute Gasteiger partial charge is 0.326 e. The quantitative estimate of drug-likeness (QED) is 0.451. The van der Waals surface area contributed by atoms with Gasteiger partial charge in [0.2, 0.25) is 5.91 Å². The summed E-state index contributed by atoms with van der Waals surface area (Å²) in [6.45, 7) is 0. The molecule has 0 unspecified atom stereocenters. The van der Waals surface area contributed by atoms with Crippen molar-refractivity contribution >= 4 is 39.8 Å². The number of aryl methyl sites for hydroxylation is 1. The Labute approximate surface area is 183 Å². The topological polar surface area (TPSA) is 105 Å². The number of nitrogens with zero attached hydrogens (tertiary/aromatic N) is 2. The van der Waals surface area contributed by atoms with E-state index in [0.717, 1.165) is 0 Å². The summed E-state index contributed by atoms with van der Waals surface area (Å²) in [6, 6.07) is 22.6. The van der Waals surface area contributed by atoms with E-state index in [9.17, 15) is 14.4 Å². The lowest BCUT2D eigenvalue weighted by Crippen LogP contribution is -2.24. The Hall–Kier alpha value is -4.46. The smallest absolute Gasteiger partial charge is 0.323 e. The minimum absolute atomic E-state index is 0.000777. The Bertz CT molecular complexity index is 1350. The molecule has 1 heterocycles. The summed E-state index contributed by atoms with van der Waals surface area (Å²) in [4.78, 5) is 37.1. The molecule has 0 spiro atoms. The van der Waals surface area contributed by atoms with Crippen LogP contribution in [0.4, 0.5) is 21.9 Å². The summed E-state index contributed by atoms with van der Waals surface area (Å²) in [5.41, 5.74) is 2.03. The molecule has 4 rings (SSSR count). The van der Waals surface area contributed by atoms with E-state index >= 15 is 0 Å². The van der Waals surface area contributed by atoms with Gasteiger partial charge in [0.05, 0.1) is 17.5 Å². The summed E-state index contributed by atoms with van der Waals surface area (Å²) in [5.74, 6) is -0.285. The summed E-state index contributed by atoms with van der Waals surface area (Å²) in [7, 11) is 1.56. The summed E-state index contributed by atoms with van der Waals surface area (Å²) >= 11 is 0. The van der Waals surface area contributed by atoms with Crippen molar-refractivity contribution in [2.45, 2.75) is 6.42 Å². The maximum Gasteiger partial charge on any atom is 0.323 e. The number of nitrogens with one attached hydrogen (secondary N) is 3. The molecule has 8 nitrogen and oxygen atoms in total. The zero-order chi connectivity index (χ0) is 22.5. The van der Waals surface area contributed by atoms with E-state index in [1.165, 1.54) is 4.68 Å². The minimum atomic E-state index is -0.388. The van der Waals surface area contributed by atoms with Crippen LogP contribution >= 0.6 is 0 Å². The number of carbonyl (C=O) groups is 2. The monoisotopic (exact) mass is 427 g/mol. The Morgan fingerprint density at radius 2 is 1.38 bits per heavy atom. The first kappa shape index (κ1) is 20.8. The van der Waals surface area contributed by atoms with Gasteiger partial charge in [-0.25, -0.2) is 9.48 Å². The molecule has 0 fully saturated rings. The first-order valence-corrected chi connectivity index (χ1v) is 9.97. The van der Waals surface area contributed by atoms with Crippen molar-refractivity contribution in [3.8, 4) is 0 Å². The van der Waals surface area contributed by atoms with E-state index in [0.29, 0.717) is 33.5 Å². The predicted molar refractivity (Wildman–Crippen MR) is 125 cm³/mol. The lowest BCUT2D eigenvalue weighted by Gasteiger charge is -2.11. The fourth-order valence-corrected chi connectivity index (χ4v) is 3.35. The second-order valence-electron chi connectivity index (χ2n) is 7.17. The van der Waals surface area contributed by atoms with Crippen LogP contribution in [0.15, 0.2) is 83.7 Å². The molecule has 0 bridgehead atoms. The fraction of sp³-hybridized carbons (Fsp3) is 0.0833. The molecule has 32 heavy (non-hydrogen) atoms. The first-order chi connectivity index (χ1) is 15.5. The van der Waals surface area contributed by atoms with Gasteiger partial charge in [-0.05, 0) is 36.4 Å². The molecular weight excluding hydrogens is 406 g/mol. The number of amides is 3. The predicted octanol–water partition coefficient (Wildman–Crippen LogP) is 3.76. The molecule has 4 aromatic rings. The average Bonchev–Trinajstić information content (AvgIpc) is 2.78. The van der Waals surface area contributed by atoms with Crippen molar-refractivity contribution in [2.24, 2.45) is 7.05 Å². The van der Waals surface area contributed by atoms with Crippen molar-refractivity contribution in [2.75, 3.05) is 16.0 Å². The van der Waals surface area contributed by atoms with Gasteiger partial charge in [-0.2, -0.15) is 5.10 Å². The van der Waals surface area contributed by atoms with Crippen LogP contribution in [0.25, 0.3) is 10.8 Å². The van der Waals surface area contributed by atoms with Gasteiger partial charge in [-0.3, -0.25) is 9.59 Å². The number of aromatic nitrogens is 2. The number of para-hydroxylation sites is 1. The molecule has 0 aliphatic rings. The number of hydrogen-bond donors (Lipinski definition) is 3. The maximum absolute atomic E-state index is 12.7. The lowest BCUT2D eigenvalue weighted by atomic mass is 10.1. The summed E-state index contributed by atoms with van der Waals surface area (Å²) in [5, 5.41) is 13.7. The van der Waals surface area contributed by atoms with Crippen molar-refractivity contribution < 1.29 is 9.59 Å². The molecule has 0 atom stereocenters. The van der Waals surface area contributed by atoms with Gasteiger partial charge in [-0.15, -0.1) is 0 Å². The molecular formula is C24H21N5O3. The molecule has 0 saturated heterocycles. The van der Waals surface area contributed by atoms with E-state index in [2.05, 4.69) is 21.0 Å². The molecule has 1 aromatic heterocycles. The number of rotatable bonds is 5. The standard InChI is InChI=1S/C24H21N5O3/c1-29-23(31)20-13-6-5-12-19(20)21(28-29)15-22(30)25-17-10-7-11-18(14-17)27-24(32)26-16-8-3-2-4-9-16/h2-14H,15H2,1H3,(H,25,30)(H2,26,27,32). The van der Waals surface area contributed by atoms with Crippen LogP contribution in [0.1, 0.15) is 5.69 Å². The zero-order valence-electron chi connectivity index (χ0n) is 17.3. The molecule has 160 valence electrons. The summed E-state index contributed by atoms with van der Waals surface area (Å²) in [6.07, 6.45) is 0.000777. The highest BCUT2D eigenvalue weighted by Crippen LogP contribution is 2.18. The molecule has 3 N–H and O–H groups in total. The average molecular weight is 427 g/mol. The molecule has 0 aliphatic carbocycles. The van der Waals surface area contributed by atoms with Gasteiger partial charge in [0.25, 0.3) is 5.56 Å².